The Morgan fingerprint density at radius 1 is 1.89 bits per heavy atom. The highest BCUT2D eigenvalue weighted by atomic mass is 16.7. The molecule has 46 valence electrons. The van der Waals surface area contributed by atoms with Gasteiger partial charge in [-0.15, -0.1) is 0 Å². The smallest absolute Gasteiger partial charge is 0.268 e. The first-order chi connectivity index (χ1) is 4.25. The van der Waals surface area contributed by atoms with Crippen LogP contribution in [-0.4, -0.2) is 13.1 Å². The van der Waals surface area contributed by atoms with Crippen LogP contribution in [0.2, 0.25) is 0 Å². The van der Waals surface area contributed by atoms with Crippen molar-refractivity contribution in [2.75, 3.05) is 5.23 Å². The normalized spacial score (nSPS) is 9.44. The van der Waals surface area contributed by atoms with E-state index in [0.717, 1.165) is 0 Å². The Hall–Kier alpha value is -1.20. The Kier molecular flexibility index (Phi) is 1.29. The molecular weight excluding hydrogens is 121 g/mol. The number of nitrogens with one attached hydrogen (secondary N) is 2. The fourth-order valence-electron chi connectivity index (χ4n) is 0.455. The molecule has 0 unspecified atom stereocenters. The van der Waals surface area contributed by atoms with E-state index in [1.54, 1.807) is 6.92 Å². The molecule has 1 aromatic heterocycles. The largest absolute Gasteiger partial charge is 0.400 e. The van der Waals surface area contributed by atoms with Crippen molar-refractivity contribution in [1.82, 2.24) is 5.16 Å². The minimum absolute atomic E-state index is 0.329. The second-order valence-electron chi connectivity index (χ2n) is 1.56. The third-order valence-corrected chi connectivity index (χ3v) is 1.01. The Balaban J connectivity index is 3.20. The monoisotopic (exact) mass is 126 g/mol. The van der Waals surface area contributed by atoms with Crippen LogP contribution >= 0.6 is 0 Å². The highest BCUT2D eigenvalue weighted by Crippen LogP contribution is 2.00. The first-order valence-electron chi connectivity index (χ1n) is 2.33. The lowest BCUT2D eigenvalue weighted by molar-refractivity contribution is -0.718. The summed E-state index contributed by atoms with van der Waals surface area (Å²) < 4.78 is 4.61. The molecule has 0 aliphatic rings. The number of anilines is 1. The molecule has 0 saturated carbocycles. The molecule has 0 aromatic carbocycles. The Morgan fingerprint density at radius 3 is 2.78 bits per heavy atom. The maximum atomic E-state index is 10.4. The zero-order valence-electron chi connectivity index (χ0n) is 4.84. The highest BCUT2D eigenvalue weighted by molar-refractivity contribution is 6.15. The number of hydrogen-bond donors (Lipinski definition) is 2. The van der Waals surface area contributed by atoms with E-state index in [2.05, 4.69) is 15.0 Å². The average molecular weight is 126 g/mol. The van der Waals surface area contributed by atoms with Gasteiger partial charge in [0, 0.05) is 6.92 Å². The molecule has 0 spiro atoms. The predicted octanol–water partition coefficient (Wildman–Crippen LogP) is -0.674. The predicted molar refractivity (Wildman–Crippen MR) is 30.5 cm³/mol. The molecule has 1 heterocycles. The molecular formula is C3H5BN3O2+. The molecule has 0 atom stereocenters. The summed E-state index contributed by atoms with van der Waals surface area (Å²) in [5.74, 6) is 0.380. The first-order valence-corrected chi connectivity index (χ1v) is 2.33. The molecule has 9 heavy (non-hydrogen) atoms. The second-order valence-corrected chi connectivity index (χ2v) is 1.56. The summed E-state index contributed by atoms with van der Waals surface area (Å²) >= 11 is 0. The molecule has 0 aliphatic carbocycles. The summed E-state index contributed by atoms with van der Waals surface area (Å²) in [6.45, 7) is 1.57. The van der Waals surface area contributed by atoms with Gasteiger partial charge in [0.25, 0.3) is 11.5 Å². The Labute approximate surface area is 52.0 Å². The van der Waals surface area contributed by atoms with Crippen LogP contribution in [0.1, 0.15) is 5.69 Å². The minimum Gasteiger partial charge on any atom is -0.400 e. The van der Waals surface area contributed by atoms with Crippen molar-refractivity contribution in [3.05, 3.63) is 10.6 Å². The van der Waals surface area contributed by atoms with E-state index in [9.17, 15) is 4.91 Å². The van der Waals surface area contributed by atoms with Crippen LogP contribution in [0.15, 0.2) is 4.63 Å². The van der Waals surface area contributed by atoms with Crippen LogP contribution in [0.5, 0.6) is 0 Å². The zero-order valence-corrected chi connectivity index (χ0v) is 4.84. The van der Waals surface area contributed by atoms with Crippen LogP contribution in [0.25, 0.3) is 0 Å². The molecule has 0 aliphatic heterocycles. The van der Waals surface area contributed by atoms with Crippen LogP contribution in [0, 0.1) is 11.8 Å². The summed E-state index contributed by atoms with van der Waals surface area (Å²) in [6.07, 6.45) is 0. The van der Waals surface area contributed by atoms with Crippen LogP contribution < -0.4 is 9.83 Å². The van der Waals surface area contributed by atoms with Gasteiger partial charge in [-0.05, 0) is 4.91 Å². The second kappa shape index (κ2) is 1.96. The van der Waals surface area contributed by atoms with Gasteiger partial charge in [-0.25, -0.2) is 0 Å². The molecule has 6 heteroatoms. The van der Waals surface area contributed by atoms with Crippen molar-refractivity contribution in [3.8, 4) is 0 Å². The van der Waals surface area contributed by atoms with E-state index in [1.807, 2.05) is 0 Å². The van der Waals surface area contributed by atoms with Gasteiger partial charge in [0.05, 0.1) is 0 Å². The lowest BCUT2D eigenvalue weighted by atomic mass is 10.4. The third kappa shape index (κ3) is 0.824. The number of H-pyrrole nitrogens is 1. The summed E-state index contributed by atoms with van der Waals surface area (Å²) in [6, 6.07) is 0. The standard InChI is InChI=1S/C3H5BN3O2/c1-2-3(5-4)6-9-7(2)8/h5-6H,1H3/q+1. The molecule has 1 rings (SSSR count). The molecule has 0 bridgehead atoms. The maximum Gasteiger partial charge on any atom is 0.268 e. The van der Waals surface area contributed by atoms with E-state index < -0.39 is 0 Å². The van der Waals surface area contributed by atoms with Gasteiger partial charge in [-0.2, -0.15) is 0 Å². The van der Waals surface area contributed by atoms with E-state index in [4.69, 9.17) is 7.98 Å². The summed E-state index contributed by atoms with van der Waals surface area (Å²) in [4.78, 5) is 10.4. The summed E-state index contributed by atoms with van der Waals surface area (Å²) in [5.41, 5.74) is 0.373. The molecule has 0 saturated heterocycles. The fraction of sp³-hybridized carbons (Fsp3) is 0.333. The van der Waals surface area contributed by atoms with Gasteiger partial charge < -0.3 is 5.23 Å². The van der Waals surface area contributed by atoms with Gasteiger partial charge in [-0.1, -0.05) is 9.79 Å². The number of hydrogen-bond acceptors (Lipinski definition) is 3. The fourth-order valence-corrected chi connectivity index (χ4v) is 0.455. The number of aromatic amines is 1. The topological polar surface area (TPSA) is 63.9 Å². The number of rotatable bonds is 1. The van der Waals surface area contributed by atoms with Crippen LogP contribution in [0.4, 0.5) is 5.82 Å². The maximum absolute atomic E-state index is 10.4. The van der Waals surface area contributed by atoms with Gasteiger partial charge >= 0.3 is 0 Å². The quantitative estimate of drug-likeness (QED) is 0.490. The molecule has 0 fully saturated rings. The number of nitrogens with zero attached hydrogens (tertiary/aromatic N) is 1. The Morgan fingerprint density at radius 2 is 2.56 bits per heavy atom. The number of aromatic nitrogens is 2. The van der Waals surface area contributed by atoms with Gasteiger partial charge in [0.2, 0.25) is 7.98 Å². The molecule has 2 N–H and O–H groups in total. The van der Waals surface area contributed by atoms with E-state index >= 15 is 0 Å². The molecule has 2 radical (unpaired) electrons. The highest BCUT2D eigenvalue weighted by Gasteiger charge is 2.10. The van der Waals surface area contributed by atoms with E-state index in [1.165, 1.54) is 0 Å². The third-order valence-electron chi connectivity index (χ3n) is 1.01. The van der Waals surface area contributed by atoms with Gasteiger partial charge in [0.15, 0.2) is 4.60 Å². The molecule has 0 amide bonds. The van der Waals surface area contributed by atoms with Crippen molar-refractivity contribution in [1.29, 1.82) is 0 Å². The van der Waals surface area contributed by atoms with Crippen molar-refractivity contribution >= 4 is 13.8 Å². The van der Waals surface area contributed by atoms with Crippen molar-refractivity contribution in [2.24, 2.45) is 0 Å². The van der Waals surface area contributed by atoms with E-state index in [-0.39, 0.29) is 0 Å². The Bertz CT molecular complexity index is 252. The van der Waals surface area contributed by atoms with Gasteiger partial charge in [-0.3, -0.25) is 0 Å². The summed E-state index contributed by atoms with van der Waals surface area (Å²) in [7, 11) is 4.97. The van der Waals surface area contributed by atoms with Crippen molar-refractivity contribution < 1.29 is 9.23 Å². The van der Waals surface area contributed by atoms with Crippen LogP contribution in [-0.2, 0) is 0 Å². The zero-order chi connectivity index (χ0) is 6.85. The van der Waals surface area contributed by atoms with Crippen molar-refractivity contribution in [2.45, 2.75) is 6.92 Å². The lowest BCUT2D eigenvalue weighted by Crippen LogP contribution is -2.12. The SMILES string of the molecule is [B]Nc1[nH]o[n+](=O)c1C. The van der Waals surface area contributed by atoms with Crippen LogP contribution in [0.3, 0.4) is 0 Å². The van der Waals surface area contributed by atoms with E-state index in [0.29, 0.717) is 16.1 Å². The average Bonchev–Trinajstić information content (AvgIpc) is 2.15. The lowest BCUT2D eigenvalue weighted by Gasteiger charge is -1.81. The summed E-state index contributed by atoms with van der Waals surface area (Å²) in [5, 5.41) is 4.51. The molecule has 5 nitrogen and oxygen atoms in total. The first kappa shape index (κ1) is 5.93. The van der Waals surface area contributed by atoms with Gasteiger partial charge in [0.1, 0.15) is 0 Å². The van der Waals surface area contributed by atoms with Crippen molar-refractivity contribution in [3.63, 3.8) is 0 Å². The molecule has 1 aromatic rings. The minimum atomic E-state index is 0.329.